The highest BCUT2D eigenvalue weighted by molar-refractivity contribution is 5.36. The summed E-state index contributed by atoms with van der Waals surface area (Å²) in [6.45, 7) is 2.04. The highest BCUT2D eigenvalue weighted by atomic mass is 16.5. The predicted octanol–water partition coefficient (Wildman–Crippen LogP) is -0.424. The second-order valence-corrected chi connectivity index (χ2v) is 4.71. The molecule has 112 valence electrons. The van der Waals surface area contributed by atoms with E-state index in [1.807, 2.05) is 0 Å². The molecule has 1 aliphatic rings. The molecule has 0 spiro atoms. The highest BCUT2D eigenvalue weighted by Gasteiger charge is 2.20. The molecular formula is C11H17N9O. The predicted molar refractivity (Wildman–Crippen MR) is 74.6 cm³/mol. The van der Waals surface area contributed by atoms with E-state index in [4.69, 9.17) is 10.6 Å². The summed E-state index contributed by atoms with van der Waals surface area (Å²) in [6, 6.07) is 0. The first-order chi connectivity index (χ1) is 10.3. The van der Waals surface area contributed by atoms with E-state index in [2.05, 4.69) is 35.8 Å². The third kappa shape index (κ3) is 3.83. The lowest BCUT2D eigenvalue weighted by Crippen LogP contribution is -2.18. The van der Waals surface area contributed by atoms with Gasteiger partial charge in [-0.15, -0.1) is 0 Å². The van der Waals surface area contributed by atoms with Crippen molar-refractivity contribution >= 4 is 11.9 Å². The minimum absolute atomic E-state index is 0.247. The van der Waals surface area contributed by atoms with Gasteiger partial charge in [-0.2, -0.15) is 24.7 Å². The number of hydrogen-bond donors (Lipinski definition) is 3. The van der Waals surface area contributed by atoms with Crippen LogP contribution in [0.25, 0.3) is 5.95 Å². The largest absolute Gasteiger partial charge is 0.379 e. The van der Waals surface area contributed by atoms with Gasteiger partial charge in [0.05, 0.1) is 6.61 Å². The van der Waals surface area contributed by atoms with Gasteiger partial charge in [0.25, 0.3) is 5.95 Å². The van der Waals surface area contributed by atoms with Crippen LogP contribution in [0, 0.1) is 5.92 Å². The molecule has 0 radical (unpaired) electrons. The van der Waals surface area contributed by atoms with Gasteiger partial charge in [-0.25, -0.2) is 10.8 Å². The van der Waals surface area contributed by atoms with Crippen molar-refractivity contribution in [2.45, 2.75) is 12.8 Å². The van der Waals surface area contributed by atoms with Gasteiger partial charge in [0.2, 0.25) is 11.9 Å². The van der Waals surface area contributed by atoms with Gasteiger partial charge >= 0.3 is 0 Å². The Hall–Kier alpha value is -2.33. The molecule has 1 fully saturated rings. The Labute approximate surface area is 121 Å². The lowest BCUT2D eigenvalue weighted by molar-refractivity contribution is 0.133. The molecule has 0 bridgehead atoms. The van der Waals surface area contributed by atoms with Crippen molar-refractivity contribution in [3.63, 3.8) is 0 Å². The van der Waals surface area contributed by atoms with E-state index in [0.29, 0.717) is 25.0 Å². The Morgan fingerprint density at radius 3 is 2.86 bits per heavy atom. The molecule has 0 saturated heterocycles. The highest BCUT2D eigenvalue weighted by Crippen LogP contribution is 2.28. The van der Waals surface area contributed by atoms with E-state index in [-0.39, 0.29) is 5.95 Å². The zero-order valence-corrected chi connectivity index (χ0v) is 11.4. The maximum absolute atomic E-state index is 5.54. The molecule has 2 aromatic rings. The lowest BCUT2D eigenvalue weighted by atomic mass is 10.5. The summed E-state index contributed by atoms with van der Waals surface area (Å²) in [5.41, 5.74) is 2.40. The van der Waals surface area contributed by atoms with E-state index >= 15 is 0 Å². The first kappa shape index (κ1) is 13.6. The fraction of sp³-hybridized carbons (Fsp3) is 0.545. The molecule has 1 saturated carbocycles. The van der Waals surface area contributed by atoms with Gasteiger partial charge < -0.3 is 10.1 Å². The minimum atomic E-state index is 0.247. The number of nitrogens with zero attached hydrogens (tertiary/aromatic N) is 6. The molecule has 0 unspecified atom stereocenters. The topological polar surface area (TPSA) is 129 Å². The SMILES string of the molecule is NNc1nc(NCCOCC2CC2)nc(-n2cncn2)n1. The van der Waals surface area contributed by atoms with Gasteiger partial charge in [-0.05, 0) is 18.8 Å². The lowest BCUT2D eigenvalue weighted by Gasteiger charge is -2.08. The van der Waals surface area contributed by atoms with E-state index in [0.717, 1.165) is 12.5 Å². The average molecular weight is 291 g/mol. The van der Waals surface area contributed by atoms with Crippen LogP contribution >= 0.6 is 0 Å². The van der Waals surface area contributed by atoms with Crippen molar-refractivity contribution in [3.8, 4) is 5.95 Å². The number of nitrogens with one attached hydrogen (secondary N) is 2. The summed E-state index contributed by atoms with van der Waals surface area (Å²) < 4.78 is 6.96. The van der Waals surface area contributed by atoms with Gasteiger partial charge in [0.15, 0.2) is 0 Å². The van der Waals surface area contributed by atoms with Gasteiger partial charge in [0, 0.05) is 13.2 Å². The normalized spacial score (nSPS) is 14.1. The maximum atomic E-state index is 5.54. The smallest absolute Gasteiger partial charge is 0.258 e. The van der Waals surface area contributed by atoms with Crippen LogP contribution in [0.5, 0.6) is 0 Å². The number of nitrogen functional groups attached to an aromatic ring is 1. The van der Waals surface area contributed by atoms with E-state index in [9.17, 15) is 0 Å². The second-order valence-electron chi connectivity index (χ2n) is 4.71. The molecular weight excluding hydrogens is 274 g/mol. The minimum Gasteiger partial charge on any atom is -0.379 e. The van der Waals surface area contributed by atoms with Crippen molar-refractivity contribution in [3.05, 3.63) is 12.7 Å². The van der Waals surface area contributed by atoms with Gasteiger partial charge in [-0.3, -0.25) is 5.43 Å². The van der Waals surface area contributed by atoms with Crippen LogP contribution in [0.15, 0.2) is 12.7 Å². The number of aromatic nitrogens is 6. The summed E-state index contributed by atoms with van der Waals surface area (Å²) in [5, 5.41) is 7.04. The Morgan fingerprint density at radius 1 is 1.29 bits per heavy atom. The first-order valence-corrected chi connectivity index (χ1v) is 6.74. The summed E-state index contributed by atoms with van der Waals surface area (Å²) in [5.74, 6) is 7.09. The van der Waals surface area contributed by atoms with Crippen LogP contribution in [0.4, 0.5) is 11.9 Å². The summed E-state index contributed by atoms with van der Waals surface area (Å²) in [6.07, 6.45) is 5.47. The Morgan fingerprint density at radius 2 is 2.14 bits per heavy atom. The van der Waals surface area contributed by atoms with Crippen LogP contribution < -0.4 is 16.6 Å². The molecule has 2 heterocycles. The zero-order chi connectivity index (χ0) is 14.5. The average Bonchev–Trinajstić information content (AvgIpc) is 3.17. The molecule has 4 N–H and O–H groups in total. The fourth-order valence-electron chi connectivity index (χ4n) is 1.69. The monoisotopic (exact) mass is 291 g/mol. The molecule has 21 heavy (non-hydrogen) atoms. The van der Waals surface area contributed by atoms with Gasteiger partial charge in [-0.1, -0.05) is 0 Å². The molecule has 0 atom stereocenters. The van der Waals surface area contributed by atoms with Crippen molar-refractivity contribution in [1.82, 2.24) is 29.7 Å². The number of rotatable bonds is 8. The molecule has 1 aliphatic carbocycles. The molecule has 3 rings (SSSR count). The van der Waals surface area contributed by atoms with E-state index < -0.39 is 0 Å². The number of ether oxygens (including phenoxy) is 1. The zero-order valence-electron chi connectivity index (χ0n) is 11.4. The van der Waals surface area contributed by atoms with Crippen LogP contribution in [0.3, 0.4) is 0 Å². The standard InChI is InChI=1S/C11H17N9O/c12-19-10-16-9(14-3-4-21-5-8-1-2-8)17-11(18-10)20-7-13-6-15-20/h6-8H,1-5,12H2,(H2,14,16,17,18,19). The van der Waals surface area contributed by atoms with Crippen LogP contribution in [0.2, 0.25) is 0 Å². The Bertz CT molecular complexity index is 569. The summed E-state index contributed by atoms with van der Waals surface area (Å²) >= 11 is 0. The van der Waals surface area contributed by atoms with Crippen molar-refractivity contribution in [2.75, 3.05) is 30.5 Å². The third-order valence-electron chi connectivity index (χ3n) is 2.96. The van der Waals surface area contributed by atoms with Crippen molar-refractivity contribution in [2.24, 2.45) is 11.8 Å². The molecule has 10 heteroatoms. The molecule has 0 aliphatic heterocycles. The van der Waals surface area contributed by atoms with Gasteiger partial charge in [0.1, 0.15) is 12.7 Å². The fourth-order valence-corrected chi connectivity index (χ4v) is 1.69. The first-order valence-electron chi connectivity index (χ1n) is 6.74. The number of anilines is 2. The van der Waals surface area contributed by atoms with Crippen molar-refractivity contribution < 1.29 is 4.74 Å². The molecule has 2 aromatic heterocycles. The molecule has 0 aromatic carbocycles. The number of hydrazine groups is 1. The third-order valence-corrected chi connectivity index (χ3v) is 2.96. The van der Waals surface area contributed by atoms with Crippen molar-refractivity contribution in [1.29, 1.82) is 0 Å². The van der Waals surface area contributed by atoms with E-state index in [1.165, 1.54) is 30.2 Å². The molecule has 0 amide bonds. The number of hydrogen-bond acceptors (Lipinski definition) is 9. The summed E-state index contributed by atoms with van der Waals surface area (Å²) in [4.78, 5) is 16.3. The molecule has 10 nitrogen and oxygen atoms in total. The number of nitrogens with two attached hydrogens (primary N) is 1. The Kier molecular flexibility index (Phi) is 4.17. The van der Waals surface area contributed by atoms with E-state index in [1.54, 1.807) is 0 Å². The van der Waals surface area contributed by atoms with Crippen LogP contribution in [-0.4, -0.2) is 49.5 Å². The second kappa shape index (κ2) is 6.41. The Balaban J connectivity index is 1.59. The van der Waals surface area contributed by atoms with Crippen LogP contribution in [0.1, 0.15) is 12.8 Å². The maximum Gasteiger partial charge on any atom is 0.258 e. The quantitative estimate of drug-likeness (QED) is 0.337. The van der Waals surface area contributed by atoms with Crippen LogP contribution in [-0.2, 0) is 4.74 Å². The summed E-state index contributed by atoms with van der Waals surface area (Å²) in [7, 11) is 0.